The Morgan fingerprint density at radius 1 is 1.88 bits per heavy atom. The minimum atomic E-state index is 0.0741. The van der Waals surface area contributed by atoms with Crippen molar-refractivity contribution in [3.8, 4) is 0 Å². The molecule has 0 radical (unpaired) electrons. The minimum Gasteiger partial charge on any atom is -0.337 e. The minimum absolute atomic E-state index is 0.0741. The molecule has 0 aliphatic carbocycles. The van der Waals surface area contributed by atoms with E-state index < -0.39 is 0 Å². The van der Waals surface area contributed by atoms with Crippen molar-refractivity contribution in [2.24, 2.45) is 0 Å². The van der Waals surface area contributed by atoms with Gasteiger partial charge in [0, 0.05) is 13.6 Å². The third-order valence-corrected chi connectivity index (χ3v) is 1.76. The van der Waals surface area contributed by atoms with Crippen molar-refractivity contribution in [1.29, 1.82) is 0 Å². The van der Waals surface area contributed by atoms with Crippen LogP contribution in [0.1, 0.15) is 0 Å². The fourth-order valence-electron chi connectivity index (χ4n) is 0.570. The Bertz CT molecular complexity index is 153. The van der Waals surface area contributed by atoms with E-state index >= 15 is 0 Å². The fraction of sp³-hybridized carbons (Fsp3) is 0.400. The Balaban J connectivity index is 2.73. The zero-order valence-electron chi connectivity index (χ0n) is 4.52. The number of hydrogen-bond acceptors (Lipinski definition) is 1. The highest BCUT2D eigenvalue weighted by atomic mass is 79.9. The van der Waals surface area contributed by atoms with E-state index in [-0.39, 0.29) is 5.91 Å². The summed E-state index contributed by atoms with van der Waals surface area (Å²) in [7, 11) is 1.77. The van der Waals surface area contributed by atoms with E-state index in [0.29, 0.717) is 4.48 Å². The van der Waals surface area contributed by atoms with Gasteiger partial charge in [-0.1, -0.05) is 0 Å². The molecule has 0 bridgehead atoms. The Morgan fingerprint density at radius 2 is 2.50 bits per heavy atom. The summed E-state index contributed by atoms with van der Waals surface area (Å²) in [5.41, 5.74) is 0. The number of amides is 1. The van der Waals surface area contributed by atoms with E-state index in [4.69, 9.17) is 0 Å². The molecule has 1 rings (SSSR count). The van der Waals surface area contributed by atoms with E-state index in [1.807, 2.05) is 6.08 Å². The molecule has 8 heavy (non-hydrogen) atoms. The topological polar surface area (TPSA) is 20.3 Å². The van der Waals surface area contributed by atoms with E-state index in [2.05, 4.69) is 15.9 Å². The summed E-state index contributed by atoms with van der Waals surface area (Å²) in [6.07, 6.45) is 1.85. The molecule has 0 fully saturated rings. The van der Waals surface area contributed by atoms with Gasteiger partial charge in [0.15, 0.2) is 0 Å². The lowest BCUT2D eigenvalue weighted by molar-refractivity contribution is -0.123. The van der Waals surface area contributed by atoms with Gasteiger partial charge in [0.1, 0.15) is 0 Å². The zero-order valence-corrected chi connectivity index (χ0v) is 6.10. The van der Waals surface area contributed by atoms with Crippen LogP contribution in [0.15, 0.2) is 10.6 Å². The van der Waals surface area contributed by atoms with Gasteiger partial charge in [-0.3, -0.25) is 4.79 Å². The Morgan fingerprint density at radius 3 is 2.62 bits per heavy atom. The molecule has 0 unspecified atom stereocenters. The Hall–Kier alpha value is -0.310. The first-order valence-electron chi connectivity index (χ1n) is 2.33. The van der Waals surface area contributed by atoms with Gasteiger partial charge < -0.3 is 4.90 Å². The van der Waals surface area contributed by atoms with Crippen molar-refractivity contribution in [1.82, 2.24) is 4.90 Å². The van der Waals surface area contributed by atoms with Gasteiger partial charge in [-0.15, -0.1) is 0 Å². The van der Waals surface area contributed by atoms with Crippen LogP contribution in [0.3, 0.4) is 0 Å². The molecule has 1 aliphatic rings. The van der Waals surface area contributed by atoms with Crippen LogP contribution in [-0.4, -0.2) is 24.4 Å². The molecule has 3 heteroatoms. The molecule has 1 amide bonds. The summed E-state index contributed by atoms with van der Waals surface area (Å²) < 4.78 is 0.681. The lowest BCUT2D eigenvalue weighted by Gasteiger charge is -2.04. The van der Waals surface area contributed by atoms with Crippen molar-refractivity contribution in [2.45, 2.75) is 0 Å². The molecule has 0 aromatic heterocycles. The van der Waals surface area contributed by atoms with Gasteiger partial charge in [0.25, 0.3) is 5.91 Å². The van der Waals surface area contributed by atoms with Gasteiger partial charge >= 0.3 is 0 Å². The zero-order chi connectivity index (χ0) is 6.15. The lowest BCUT2D eigenvalue weighted by atomic mass is 10.6. The number of nitrogens with zero attached hydrogens (tertiary/aromatic N) is 1. The van der Waals surface area contributed by atoms with E-state index in [1.165, 1.54) is 0 Å². The van der Waals surface area contributed by atoms with Crippen molar-refractivity contribution in [2.75, 3.05) is 13.6 Å². The van der Waals surface area contributed by atoms with Crippen LogP contribution in [0, 0.1) is 0 Å². The number of hydrogen-bond donors (Lipinski definition) is 0. The maximum atomic E-state index is 10.7. The predicted molar refractivity (Wildman–Crippen MR) is 34.6 cm³/mol. The lowest BCUT2D eigenvalue weighted by Crippen LogP contribution is -2.20. The van der Waals surface area contributed by atoms with Crippen molar-refractivity contribution < 1.29 is 4.79 Å². The number of likely N-dealkylation sites (N-methyl/N-ethyl adjacent to an activating group) is 1. The molecule has 0 N–H and O–H groups in total. The molecular formula is C5H6BrNO. The van der Waals surface area contributed by atoms with Crippen LogP contribution in [0.2, 0.25) is 0 Å². The molecule has 0 atom stereocenters. The molecular weight excluding hydrogens is 170 g/mol. The molecule has 0 spiro atoms. The molecule has 1 heterocycles. The van der Waals surface area contributed by atoms with Crippen LogP contribution < -0.4 is 0 Å². The number of carbonyl (C=O) groups excluding carboxylic acids is 1. The monoisotopic (exact) mass is 175 g/mol. The van der Waals surface area contributed by atoms with Crippen LogP contribution in [0.25, 0.3) is 0 Å². The second kappa shape index (κ2) is 1.90. The maximum Gasteiger partial charge on any atom is 0.260 e. The highest BCUT2D eigenvalue weighted by Gasteiger charge is 2.16. The molecule has 0 saturated carbocycles. The highest BCUT2D eigenvalue weighted by Crippen LogP contribution is 2.13. The first kappa shape index (κ1) is 5.82. The largest absolute Gasteiger partial charge is 0.337 e. The van der Waals surface area contributed by atoms with Gasteiger partial charge in [-0.2, -0.15) is 0 Å². The highest BCUT2D eigenvalue weighted by molar-refractivity contribution is 9.12. The second-order valence-corrected chi connectivity index (χ2v) is 2.59. The molecule has 1 aliphatic heterocycles. The third kappa shape index (κ3) is 0.777. The van der Waals surface area contributed by atoms with Crippen LogP contribution in [0.4, 0.5) is 0 Å². The second-order valence-electron chi connectivity index (χ2n) is 1.74. The summed E-state index contributed by atoms with van der Waals surface area (Å²) in [5.74, 6) is 0.0741. The summed E-state index contributed by atoms with van der Waals surface area (Å²) >= 11 is 3.11. The van der Waals surface area contributed by atoms with Gasteiger partial charge in [-0.05, 0) is 22.0 Å². The van der Waals surface area contributed by atoms with Gasteiger partial charge in [-0.25, -0.2) is 0 Å². The molecule has 0 aromatic carbocycles. The molecule has 44 valence electrons. The fourth-order valence-corrected chi connectivity index (χ4v) is 1.02. The first-order valence-corrected chi connectivity index (χ1v) is 3.12. The number of halogens is 1. The van der Waals surface area contributed by atoms with Crippen LogP contribution in [0.5, 0.6) is 0 Å². The third-order valence-electron chi connectivity index (χ3n) is 1.10. The smallest absolute Gasteiger partial charge is 0.260 e. The van der Waals surface area contributed by atoms with E-state index in [9.17, 15) is 4.79 Å². The molecule has 0 aromatic rings. The molecule has 0 saturated heterocycles. The van der Waals surface area contributed by atoms with Crippen molar-refractivity contribution in [3.05, 3.63) is 10.6 Å². The maximum absolute atomic E-state index is 10.7. The average Bonchev–Trinajstić information content (AvgIpc) is 1.98. The van der Waals surface area contributed by atoms with Crippen molar-refractivity contribution in [3.63, 3.8) is 0 Å². The number of carbonyl (C=O) groups is 1. The van der Waals surface area contributed by atoms with E-state index in [0.717, 1.165) is 6.54 Å². The van der Waals surface area contributed by atoms with Gasteiger partial charge in [0.2, 0.25) is 0 Å². The van der Waals surface area contributed by atoms with Crippen molar-refractivity contribution >= 4 is 21.8 Å². The standard InChI is InChI=1S/C5H6BrNO/c1-7-3-2-4(6)5(7)8/h2H,3H2,1H3. The summed E-state index contributed by atoms with van der Waals surface area (Å²) in [6, 6.07) is 0. The number of rotatable bonds is 0. The average molecular weight is 176 g/mol. The SMILES string of the molecule is CN1CC=C(Br)C1=O. The summed E-state index contributed by atoms with van der Waals surface area (Å²) in [4.78, 5) is 12.4. The van der Waals surface area contributed by atoms with Gasteiger partial charge in [0.05, 0.1) is 4.48 Å². The molecule has 2 nitrogen and oxygen atoms in total. The first-order chi connectivity index (χ1) is 3.72. The van der Waals surface area contributed by atoms with Crippen LogP contribution in [-0.2, 0) is 4.79 Å². The van der Waals surface area contributed by atoms with Crippen LogP contribution >= 0.6 is 15.9 Å². The quantitative estimate of drug-likeness (QED) is 0.532. The summed E-state index contributed by atoms with van der Waals surface area (Å²) in [5, 5.41) is 0. The Labute approximate surface area is 56.3 Å². The normalized spacial score (nSPS) is 19.5. The van der Waals surface area contributed by atoms with E-state index in [1.54, 1.807) is 11.9 Å². The summed E-state index contributed by atoms with van der Waals surface area (Å²) in [6.45, 7) is 0.736. The predicted octanol–water partition coefficient (Wildman–Crippen LogP) is 0.737. The Kier molecular flexibility index (Phi) is 1.38.